The van der Waals surface area contributed by atoms with Gasteiger partial charge in [-0.15, -0.1) is 0 Å². The van der Waals surface area contributed by atoms with Gasteiger partial charge >= 0.3 is 0 Å². The summed E-state index contributed by atoms with van der Waals surface area (Å²) in [6.45, 7) is 2.03. The summed E-state index contributed by atoms with van der Waals surface area (Å²) in [5.41, 5.74) is 1.18. The molecule has 1 aromatic carbocycles. The average Bonchev–Trinajstić information content (AvgIpc) is 1.85. The van der Waals surface area contributed by atoms with Crippen LogP contribution < -0.4 is 12.4 Å². The number of aromatic hydroxyl groups is 1. The molecule has 0 spiro atoms. The van der Waals surface area contributed by atoms with E-state index >= 15 is 0 Å². The van der Waals surface area contributed by atoms with E-state index in [0.717, 1.165) is 0 Å². The summed E-state index contributed by atoms with van der Waals surface area (Å²) in [5, 5.41) is 9.12. The van der Waals surface area contributed by atoms with Crippen molar-refractivity contribution in [2.75, 3.05) is 12.5 Å². The lowest BCUT2D eigenvalue weighted by Crippen LogP contribution is -3.00. The number of hydrogen-bond acceptors (Lipinski definition) is 1. The second kappa shape index (κ2) is 4.63. The van der Waals surface area contributed by atoms with Crippen molar-refractivity contribution in [2.45, 2.75) is 11.8 Å². The number of rotatable bonds is 1. The molecule has 68 valence electrons. The maximum Gasteiger partial charge on any atom is 0.157 e. The van der Waals surface area contributed by atoms with Gasteiger partial charge in [0.15, 0.2) is 4.90 Å². The molecule has 0 saturated heterocycles. The van der Waals surface area contributed by atoms with Crippen LogP contribution in [0.3, 0.4) is 0 Å². The van der Waals surface area contributed by atoms with Crippen LogP contribution in [0.15, 0.2) is 23.1 Å². The van der Waals surface area contributed by atoms with Crippen LogP contribution in [0, 0.1) is 6.92 Å². The van der Waals surface area contributed by atoms with Gasteiger partial charge in [-0.05, 0) is 25.1 Å². The quantitative estimate of drug-likeness (QED) is 0.579. The molecule has 12 heavy (non-hydrogen) atoms. The van der Waals surface area contributed by atoms with Gasteiger partial charge in [-0.3, -0.25) is 0 Å². The Morgan fingerprint density at radius 3 is 2.25 bits per heavy atom. The molecule has 0 aliphatic heterocycles. The third-order valence-electron chi connectivity index (χ3n) is 1.60. The van der Waals surface area contributed by atoms with Gasteiger partial charge in [0.05, 0.1) is 0 Å². The van der Waals surface area contributed by atoms with E-state index in [0.29, 0.717) is 16.6 Å². The molecule has 0 aliphatic rings. The molecule has 0 aromatic heterocycles. The lowest BCUT2D eigenvalue weighted by Gasteiger charge is -2.00. The molecule has 0 amide bonds. The standard InChI is InChI=1S/C9H12OS.ClH/c1-7-6-8(10)4-5-9(7)11(2)3;/h4-6H,1-3H3;1H. The van der Waals surface area contributed by atoms with E-state index in [9.17, 15) is 0 Å². The highest BCUT2D eigenvalue weighted by Crippen LogP contribution is 2.19. The molecule has 0 bridgehead atoms. The molecular weight excluding hydrogens is 192 g/mol. The van der Waals surface area contributed by atoms with Gasteiger partial charge in [0.25, 0.3) is 0 Å². The van der Waals surface area contributed by atoms with Gasteiger partial charge < -0.3 is 17.5 Å². The number of phenols is 1. The summed E-state index contributed by atoms with van der Waals surface area (Å²) in [6.07, 6.45) is 4.36. The zero-order valence-electron chi connectivity index (χ0n) is 7.47. The summed E-state index contributed by atoms with van der Waals surface area (Å²) in [7, 11) is 0.290. The smallest absolute Gasteiger partial charge is 0.157 e. The van der Waals surface area contributed by atoms with Crippen molar-refractivity contribution >= 4 is 10.9 Å². The molecule has 1 rings (SSSR count). The van der Waals surface area contributed by atoms with Gasteiger partial charge in [0, 0.05) is 16.5 Å². The monoisotopic (exact) mass is 204 g/mol. The Morgan fingerprint density at radius 2 is 1.83 bits per heavy atom. The summed E-state index contributed by atoms with van der Waals surface area (Å²) >= 11 is 0. The largest absolute Gasteiger partial charge is 1.00 e. The fraction of sp³-hybridized carbons (Fsp3) is 0.333. The molecule has 3 heteroatoms. The minimum atomic E-state index is 0. The fourth-order valence-corrected chi connectivity index (χ4v) is 2.13. The van der Waals surface area contributed by atoms with E-state index in [1.54, 1.807) is 6.07 Å². The van der Waals surface area contributed by atoms with Gasteiger partial charge in [-0.1, -0.05) is 0 Å². The van der Waals surface area contributed by atoms with Gasteiger partial charge in [0.2, 0.25) is 0 Å². The normalized spacial score (nSPS) is 9.67. The Morgan fingerprint density at radius 1 is 1.25 bits per heavy atom. The van der Waals surface area contributed by atoms with Crippen LogP contribution in [0.1, 0.15) is 5.56 Å². The van der Waals surface area contributed by atoms with Crippen molar-refractivity contribution in [1.29, 1.82) is 0 Å². The minimum absolute atomic E-state index is 0. The van der Waals surface area contributed by atoms with E-state index in [-0.39, 0.29) is 12.4 Å². The Balaban J connectivity index is 0.00000121. The van der Waals surface area contributed by atoms with Crippen molar-refractivity contribution < 1.29 is 17.5 Å². The van der Waals surface area contributed by atoms with Crippen molar-refractivity contribution in [3.8, 4) is 5.75 Å². The molecule has 0 saturated carbocycles. The lowest BCUT2D eigenvalue weighted by atomic mass is 10.2. The number of hydrogen-bond donors (Lipinski definition) is 1. The highest BCUT2D eigenvalue weighted by atomic mass is 35.5. The van der Waals surface area contributed by atoms with Crippen molar-refractivity contribution in [1.82, 2.24) is 0 Å². The SMILES string of the molecule is Cc1cc(O)ccc1[S+](C)C.[Cl-]. The van der Waals surface area contributed by atoms with Gasteiger partial charge in [-0.2, -0.15) is 0 Å². The molecule has 0 fully saturated rings. The Bertz CT molecular complexity index is 261. The molecule has 1 N–H and O–H groups in total. The average molecular weight is 205 g/mol. The number of benzene rings is 1. The zero-order chi connectivity index (χ0) is 8.43. The van der Waals surface area contributed by atoms with E-state index in [1.165, 1.54) is 10.5 Å². The predicted octanol–water partition coefficient (Wildman–Crippen LogP) is -1.06. The maximum atomic E-state index is 9.12. The summed E-state index contributed by atoms with van der Waals surface area (Å²) < 4.78 is 0. The number of aryl methyl sites for hydroxylation is 1. The molecule has 0 atom stereocenters. The van der Waals surface area contributed by atoms with E-state index in [1.807, 2.05) is 19.1 Å². The molecule has 0 unspecified atom stereocenters. The van der Waals surface area contributed by atoms with Gasteiger partial charge in [-0.25, -0.2) is 0 Å². The highest BCUT2D eigenvalue weighted by molar-refractivity contribution is 7.95. The third-order valence-corrected chi connectivity index (χ3v) is 2.94. The number of halogens is 1. The topological polar surface area (TPSA) is 20.2 Å². The first-order chi connectivity index (χ1) is 5.11. The lowest BCUT2D eigenvalue weighted by molar-refractivity contribution is -0.00000358. The molecular formula is C9H13ClOS. The van der Waals surface area contributed by atoms with E-state index in [2.05, 4.69) is 12.5 Å². The fourth-order valence-electron chi connectivity index (χ4n) is 1.09. The van der Waals surface area contributed by atoms with Crippen LogP contribution in [0.25, 0.3) is 0 Å². The molecule has 0 radical (unpaired) electrons. The van der Waals surface area contributed by atoms with Gasteiger partial charge in [0.1, 0.15) is 18.3 Å². The molecule has 0 heterocycles. The van der Waals surface area contributed by atoms with E-state index in [4.69, 9.17) is 5.11 Å². The molecule has 0 aliphatic carbocycles. The second-order valence-corrected chi connectivity index (χ2v) is 4.84. The number of phenolic OH excluding ortho intramolecular Hbond substituents is 1. The Kier molecular flexibility index (Phi) is 4.50. The first-order valence-electron chi connectivity index (χ1n) is 3.48. The van der Waals surface area contributed by atoms with Crippen molar-refractivity contribution in [3.05, 3.63) is 23.8 Å². The zero-order valence-corrected chi connectivity index (χ0v) is 9.04. The second-order valence-electron chi connectivity index (χ2n) is 2.77. The maximum absolute atomic E-state index is 9.12. The van der Waals surface area contributed by atoms with Crippen LogP contribution in [0.4, 0.5) is 0 Å². The molecule has 1 aromatic rings. The Labute approximate surface area is 82.6 Å². The first-order valence-corrected chi connectivity index (χ1v) is 5.52. The van der Waals surface area contributed by atoms with Crippen LogP contribution in [0.5, 0.6) is 5.75 Å². The molecule has 1 nitrogen and oxygen atoms in total. The first kappa shape index (κ1) is 11.7. The third kappa shape index (κ3) is 2.61. The summed E-state index contributed by atoms with van der Waals surface area (Å²) in [6, 6.07) is 5.55. The van der Waals surface area contributed by atoms with Crippen LogP contribution >= 0.6 is 0 Å². The summed E-state index contributed by atoms with van der Waals surface area (Å²) in [5.74, 6) is 0.358. The predicted molar refractivity (Wildman–Crippen MR) is 50.3 cm³/mol. The summed E-state index contributed by atoms with van der Waals surface area (Å²) in [4.78, 5) is 1.34. The Hall–Kier alpha value is -0.340. The van der Waals surface area contributed by atoms with Crippen molar-refractivity contribution in [2.24, 2.45) is 0 Å². The highest BCUT2D eigenvalue weighted by Gasteiger charge is 2.11. The van der Waals surface area contributed by atoms with Crippen LogP contribution in [0.2, 0.25) is 0 Å². The van der Waals surface area contributed by atoms with Crippen LogP contribution in [-0.2, 0) is 10.9 Å². The minimum Gasteiger partial charge on any atom is -1.00 e. The van der Waals surface area contributed by atoms with Crippen LogP contribution in [-0.4, -0.2) is 17.6 Å². The van der Waals surface area contributed by atoms with E-state index < -0.39 is 0 Å². The van der Waals surface area contributed by atoms with Crippen molar-refractivity contribution in [3.63, 3.8) is 0 Å².